The van der Waals surface area contributed by atoms with Crippen molar-refractivity contribution in [2.45, 2.75) is 6.54 Å². The fourth-order valence-corrected chi connectivity index (χ4v) is 1.72. The van der Waals surface area contributed by atoms with Crippen molar-refractivity contribution < 1.29 is 0 Å². The second kappa shape index (κ2) is 4.97. The second-order valence-electron chi connectivity index (χ2n) is 3.61. The number of H-pyrrole nitrogens is 1. The lowest BCUT2D eigenvalue weighted by Gasteiger charge is -2.19. The van der Waals surface area contributed by atoms with Crippen molar-refractivity contribution in [3.63, 3.8) is 0 Å². The van der Waals surface area contributed by atoms with Crippen molar-refractivity contribution in [3.8, 4) is 0 Å². The van der Waals surface area contributed by atoms with Gasteiger partial charge in [-0.1, -0.05) is 11.6 Å². The van der Waals surface area contributed by atoms with Crippen LogP contribution in [0, 0.1) is 0 Å². The van der Waals surface area contributed by atoms with Crippen LogP contribution in [0.4, 0.5) is 5.69 Å². The average Bonchev–Trinajstić information content (AvgIpc) is 2.34. The maximum atomic E-state index is 11.3. The zero-order valence-corrected chi connectivity index (χ0v) is 9.98. The molecule has 0 radical (unpaired) electrons. The fourth-order valence-electron chi connectivity index (χ4n) is 1.49. The van der Waals surface area contributed by atoms with Gasteiger partial charge in [0.05, 0.1) is 11.9 Å². The highest BCUT2D eigenvalue weighted by atomic mass is 35.5. The third-order valence-electron chi connectivity index (χ3n) is 2.36. The standard InChI is InChI=1S/C11H11ClN4O/c1-16(7-8-2-4-13-5-3-8)9-6-14-15-11(17)10(9)12/h2-6H,7H2,1H3,(H,15,17). The van der Waals surface area contributed by atoms with Crippen LogP contribution < -0.4 is 10.5 Å². The Hall–Kier alpha value is -1.88. The van der Waals surface area contributed by atoms with Crippen LogP contribution in [0.15, 0.2) is 35.5 Å². The summed E-state index contributed by atoms with van der Waals surface area (Å²) in [6, 6.07) is 3.82. The SMILES string of the molecule is CN(Cc1ccncc1)c1cn[nH]c(=O)c1Cl. The summed E-state index contributed by atoms with van der Waals surface area (Å²) in [5.74, 6) is 0. The lowest BCUT2D eigenvalue weighted by Crippen LogP contribution is -2.21. The molecule has 0 atom stereocenters. The number of anilines is 1. The van der Waals surface area contributed by atoms with E-state index in [0.29, 0.717) is 12.2 Å². The molecule has 5 nitrogen and oxygen atoms in total. The molecule has 0 aromatic carbocycles. The highest BCUT2D eigenvalue weighted by Gasteiger charge is 2.09. The number of nitrogens with one attached hydrogen (secondary N) is 1. The van der Waals surface area contributed by atoms with E-state index in [2.05, 4.69) is 15.2 Å². The predicted octanol–water partition coefficient (Wildman–Crippen LogP) is 1.45. The summed E-state index contributed by atoms with van der Waals surface area (Å²) in [5.41, 5.74) is 1.30. The van der Waals surface area contributed by atoms with E-state index >= 15 is 0 Å². The number of halogens is 1. The van der Waals surface area contributed by atoms with Crippen LogP contribution in [0.25, 0.3) is 0 Å². The molecule has 0 saturated carbocycles. The molecule has 0 aliphatic carbocycles. The molecule has 0 spiro atoms. The van der Waals surface area contributed by atoms with Gasteiger partial charge in [-0.15, -0.1) is 0 Å². The van der Waals surface area contributed by atoms with Crippen LogP contribution in [0.3, 0.4) is 0 Å². The monoisotopic (exact) mass is 250 g/mol. The van der Waals surface area contributed by atoms with Crippen molar-refractivity contribution in [1.82, 2.24) is 15.2 Å². The lowest BCUT2D eigenvalue weighted by atomic mass is 10.2. The van der Waals surface area contributed by atoms with E-state index in [1.165, 1.54) is 6.20 Å². The maximum absolute atomic E-state index is 11.3. The van der Waals surface area contributed by atoms with E-state index in [1.807, 2.05) is 24.1 Å². The minimum Gasteiger partial charge on any atom is -0.368 e. The van der Waals surface area contributed by atoms with Crippen LogP contribution in [0.1, 0.15) is 5.56 Å². The Kier molecular flexibility index (Phi) is 3.39. The summed E-state index contributed by atoms with van der Waals surface area (Å²) in [7, 11) is 1.85. The summed E-state index contributed by atoms with van der Waals surface area (Å²) in [5, 5.41) is 6.17. The number of nitrogens with zero attached hydrogens (tertiary/aromatic N) is 3. The third kappa shape index (κ3) is 2.62. The Labute approximate surface area is 103 Å². The molecule has 0 fully saturated rings. The molecule has 17 heavy (non-hydrogen) atoms. The smallest absolute Gasteiger partial charge is 0.285 e. The van der Waals surface area contributed by atoms with Crippen LogP contribution >= 0.6 is 11.6 Å². The highest BCUT2D eigenvalue weighted by Crippen LogP contribution is 2.20. The first-order valence-corrected chi connectivity index (χ1v) is 5.39. The largest absolute Gasteiger partial charge is 0.368 e. The predicted molar refractivity (Wildman–Crippen MR) is 66.2 cm³/mol. The van der Waals surface area contributed by atoms with Crippen molar-refractivity contribution in [2.75, 3.05) is 11.9 Å². The number of hydrogen-bond acceptors (Lipinski definition) is 4. The third-order valence-corrected chi connectivity index (χ3v) is 2.72. The Morgan fingerprint density at radius 3 is 2.82 bits per heavy atom. The maximum Gasteiger partial charge on any atom is 0.285 e. The van der Waals surface area contributed by atoms with Gasteiger partial charge in [-0.2, -0.15) is 5.10 Å². The van der Waals surface area contributed by atoms with Gasteiger partial charge >= 0.3 is 0 Å². The summed E-state index contributed by atoms with van der Waals surface area (Å²) in [6.07, 6.45) is 4.98. The first-order valence-electron chi connectivity index (χ1n) is 5.01. The van der Waals surface area contributed by atoms with Gasteiger partial charge in [0.15, 0.2) is 0 Å². The van der Waals surface area contributed by atoms with Gasteiger partial charge in [-0.3, -0.25) is 9.78 Å². The highest BCUT2D eigenvalue weighted by molar-refractivity contribution is 6.32. The number of hydrogen-bond donors (Lipinski definition) is 1. The molecule has 0 aliphatic rings. The quantitative estimate of drug-likeness (QED) is 0.896. The minimum absolute atomic E-state index is 0.150. The Bertz CT molecular complexity index is 555. The van der Waals surface area contributed by atoms with Gasteiger partial charge in [-0.25, -0.2) is 5.10 Å². The summed E-state index contributed by atoms with van der Waals surface area (Å²) >= 11 is 5.92. The zero-order valence-electron chi connectivity index (χ0n) is 9.22. The van der Waals surface area contributed by atoms with Crippen LogP contribution in [-0.2, 0) is 6.54 Å². The Morgan fingerprint density at radius 1 is 1.41 bits per heavy atom. The first-order chi connectivity index (χ1) is 8.18. The normalized spacial score (nSPS) is 10.2. The molecule has 6 heteroatoms. The Balaban J connectivity index is 2.23. The molecule has 2 heterocycles. The van der Waals surface area contributed by atoms with Crippen molar-refractivity contribution >= 4 is 17.3 Å². The molecule has 88 valence electrons. The van der Waals surface area contributed by atoms with Crippen LogP contribution in [0.5, 0.6) is 0 Å². The molecule has 0 aliphatic heterocycles. The van der Waals surface area contributed by atoms with Gasteiger partial charge in [-0.05, 0) is 17.7 Å². The lowest BCUT2D eigenvalue weighted by molar-refractivity contribution is 0.892. The minimum atomic E-state index is -0.384. The molecular weight excluding hydrogens is 240 g/mol. The fraction of sp³-hybridized carbons (Fsp3) is 0.182. The number of rotatable bonds is 3. The topological polar surface area (TPSA) is 61.9 Å². The molecular formula is C11H11ClN4O. The molecule has 0 saturated heterocycles. The first kappa shape index (κ1) is 11.6. The number of aromatic nitrogens is 3. The summed E-state index contributed by atoms with van der Waals surface area (Å²) < 4.78 is 0. The van der Waals surface area contributed by atoms with Gasteiger partial charge < -0.3 is 4.90 Å². The van der Waals surface area contributed by atoms with E-state index in [9.17, 15) is 4.79 Å². The van der Waals surface area contributed by atoms with Crippen molar-refractivity contribution in [2.24, 2.45) is 0 Å². The van der Waals surface area contributed by atoms with Gasteiger partial charge in [0, 0.05) is 26.0 Å². The molecule has 0 unspecified atom stereocenters. The second-order valence-corrected chi connectivity index (χ2v) is 3.99. The van der Waals surface area contributed by atoms with Gasteiger partial charge in [0.25, 0.3) is 5.56 Å². The van der Waals surface area contributed by atoms with E-state index in [0.717, 1.165) is 5.56 Å². The number of aromatic amines is 1. The summed E-state index contributed by atoms with van der Waals surface area (Å²) in [6.45, 7) is 0.632. The molecule has 1 N–H and O–H groups in total. The van der Waals surface area contributed by atoms with E-state index in [1.54, 1.807) is 12.4 Å². The zero-order chi connectivity index (χ0) is 12.3. The molecule has 0 bridgehead atoms. The molecule has 0 amide bonds. The Morgan fingerprint density at radius 2 is 2.12 bits per heavy atom. The van der Waals surface area contributed by atoms with Gasteiger partial charge in [0.2, 0.25) is 0 Å². The molecule has 2 aromatic rings. The average molecular weight is 251 g/mol. The van der Waals surface area contributed by atoms with Crippen LogP contribution in [-0.4, -0.2) is 22.2 Å². The van der Waals surface area contributed by atoms with E-state index < -0.39 is 0 Å². The van der Waals surface area contributed by atoms with E-state index in [4.69, 9.17) is 11.6 Å². The van der Waals surface area contributed by atoms with Crippen molar-refractivity contribution in [3.05, 3.63) is 51.7 Å². The molecule has 2 rings (SSSR count). The van der Waals surface area contributed by atoms with Gasteiger partial charge in [0.1, 0.15) is 5.02 Å². The number of pyridine rings is 1. The summed E-state index contributed by atoms with van der Waals surface area (Å²) in [4.78, 5) is 17.1. The van der Waals surface area contributed by atoms with Crippen LogP contribution in [0.2, 0.25) is 5.02 Å². The van der Waals surface area contributed by atoms with E-state index in [-0.39, 0.29) is 10.6 Å². The molecule has 2 aromatic heterocycles. The van der Waals surface area contributed by atoms with Crippen molar-refractivity contribution in [1.29, 1.82) is 0 Å².